The zero-order valence-corrected chi connectivity index (χ0v) is 11.6. The molecule has 0 aliphatic carbocycles. The van der Waals surface area contributed by atoms with Crippen molar-refractivity contribution in [2.75, 3.05) is 13.2 Å². The van der Waals surface area contributed by atoms with Gasteiger partial charge in [-0.3, -0.25) is 4.79 Å². The Bertz CT molecular complexity index is 568. The minimum absolute atomic E-state index is 0.297. The molecule has 1 aromatic carbocycles. The summed E-state index contributed by atoms with van der Waals surface area (Å²) in [6.45, 7) is 2.64. The van der Waals surface area contributed by atoms with Gasteiger partial charge in [0.1, 0.15) is 11.3 Å². The van der Waals surface area contributed by atoms with Crippen LogP contribution in [-0.4, -0.2) is 34.9 Å². The minimum Gasteiger partial charge on any atom is -0.460 e. The lowest BCUT2D eigenvalue weighted by atomic mass is 10.0. The standard InChI is InChI=1S/C15H19NO4/c1-10(14(19)16-15(2,8-17)9-18)13-7-11-5-3-4-6-12(11)20-13/h3-7,10,17-18H,8-9H2,1-2H3,(H,16,19). The van der Waals surface area contributed by atoms with Crippen molar-refractivity contribution in [3.63, 3.8) is 0 Å². The summed E-state index contributed by atoms with van der Waals surface area (Å²) >= 11 is 0. The highest BCUT2D eigenvalue weighted by Crippen LogP contribution is 2.25. The second-order valence-electron chi connectivity index (χ2n) is 5.27. The normalized spacial score (nSPS) is 13.4. The largest absolute Gasteiger partial charge is 0.460 e. The highest BCUT2D eigenvalue weighted by atomic mass is 16.3. The van der Waals surface area contributed by atoms with Crippen LogP contribution in [0.15, 0.2) is 34.7 Å². The molecule has 108 valence electrons. The molecule has 0 aliphatic heterocycles. The first-order chi connectivity index (χ1) is 9.49. The molecular weight excluding hydrogens is 258 g/mol. The van der Waals surface area contributed by atoms with Gasteiger partial charge in [0.15, 0.2) is 0 Å². The molecule has 0 fully saturated rings. The van der Waals surface area contributed by atoms with Crippen LogP contribution in [0.4, 0.5) is 0 Å². The Morgan fingerprint density at radius 3 is 2.60 bits per heavy atom. The van der Waals surface area contributed by atoms with Gasteiger partial charge in [-0.05, 0) is 26.0 Å². The van der Waals surface area contributed by atoms with E-state index in [-0.39, 0.29) is 19.1 Å². The van der Waals surface area contributed by atoms with Crippen molar-refractivity contribution in [1.29, 1.82) is 0 Å². The number of nitrogens with one attached hydrogen (secondary N) is 1. The number of benzene rings is 1. The van der Waals surface area contributed by atoms with Gasteiger partial charge in [0, 0.05) is 5.39 Å². The van der Waals surface area contributed by atoms with Gasteiger partial charge < -0.3 is 19.9 Å². The van der Waals surface area contributed by atoms with E-state index < -0.39 is 11.5 Å². The number of hydrogen-bond acceptors (Lipinski definition) is 4. The average Bonchev–Trinajstić information content (AvgIpc) is 2.90. The Morgan fingerprint density at radius 1 is 1.35 bits per heavy atom. The summed E-state index contributed by atoms with van der Waals surface area (Å²) in [6.07, 6.45) is 0. The highest BCUT2D eigenvalue weighted by molar-refractivity contribution is 5.85. The van der Waals surface area contributed by atoms with Gasteiger partial charge in [-0.2, -0.15) is 0 Å². The Kier molecular flexibility index (Phi) is 4.11. The van der Waals surface area contributed by atoms with Crippen LogP contribution in [0.2, 0.25) is 0 Å². The second-order valence-corrected chi connectivity index (χ2v) is 5.27. The van der Waals surface area contributed by atoms with Gasteiger partial charge in [-0.15, -0.1) is 0 Å². The molecule has 1 aromatic heterocycles. The maximum atomic E-state index is 12.2. The average molecular weight is 277 g/mol. The van der Waals surface area contributed by atoms with Gasteiger partial charge in [0.25, 0.3) is 0 Å². The van der Waals surface area contributed by atoms with Crippen molar-refractivity contribution in [3.05, 3.63) is 36.1 Å². The van der Waals surface area contributed by atoms with E-state index in [0.717, 1.165) is 11.0 Å². The topological polar surface area (TPSA) is 82.7 Å². The summed E-state index contributed by atoms with van der Waals surface area (Å²) in [7, 11) is 0. The number of fused-ring (bicyclic) bond motifs is 1. The third-order valence-corrected chi connectivity index (χ3v) is 3.39. The summed E-state index contributed by atoms with van der Waals surface area (Å²) < 4.78 is 5.65. The van der Waals surface area contributed by atoms with Crippen molar-refractivity contribution in [2.24, 2.45) is 0 Å². The van der Waals surface area contributed by atoms with Crippen LogP contribution in [0.25, 0.3) is 11.0 Å². The van der Waals surface area contributed by atoms with Crippen LogP contribution in [0.5, 0.6) is 0 Å². The van der Waals surface area contributed by atoms with Crippen LogP contribution in [0.3, 0.4) is 0 Å². The van der Waals surface area contributed by atoms with E-state index >= 15 is 0 Å². The maximum absolute atomic E-state index is 12.2. The molecule has 1 unspecified atom stereocenters. The Balaban J connectivity index is 2.18. The molecule has 20 heavy (non-hydrogen) atoms. The van der Waals surface area contributed by atoms with Gasteiger partial charge >= 0.3 is 0 Å². The second kappa shape index (κ2) is 5.64. The molecule has 0 saturated heterocycles. The molecule has 1 atom stereocenters. The molecule has 3 N–H and O–H groups in total. The monoisotopic (exact) mass is 277 g/mol. The molecule has 0 spiro atoms. The SMILES string of the molecule is CC(C(=O)NC(C)(CO)CO)c1cc2ccccc2o1. The molecule has 2 aromatic rings. The van der Waals surface area contributed by atoms with E-state index in [9.17, 15) is 15.0 Å². The van der Waals surface area contributed by atoms with Crippen LogP contribution in [0.1, 0.15) is 25.5 Å². The summed E-state index contributed by atoms with van der Waals surface area (Å²) in [4.78, 5) is 12.2. The van der Waals surface area contributed by atoms with Crippen molar-refractivity contribution in [3.8, 4) is 0 Å². The smallest absolute Gasteiger partial charge is 0.231 e. The predicted molar refractivity (Wildman–Crippen MR) is 75.3 cm³/mol. The predicted octanol–water partition coefficient (Wildman–Crippen LogP) is 1.40. The zero-order valence-electron chi connectivity index (χ0n) is 11.6. The number of carbonyl (C=O) groups is 1. The molecule has 0 bridgehead atoms. The number of aliphatic hydroxyl groups excluding tert-OH is 2. The van der Waals surface area contributed by atoms with E-state index in [0.29, 0.717) is 5.76 Å². The Labute approximate surface area is 117 Å². The molecule has 1 heterocycles. The number of hydrogen-bond donors (Lipinski definition) is 3. The molecule has 5 heteroatoms. The summed E-state index contributed by atoms with van der Waals surface area (Å²) in [6, 6.07) is 9.36. The molecule has 0 aliphatic rings. The molecule has 5 nitrogen and oxygen atoms in total. The van der Waals surface area contributed by atoms with Crippen LogP contribution < -0.4 is 5.32 Å². The Hall–Kier alpha value is -1.85. The minimum atomic E-state index is -1.03. The van der Waals surface area contributed by atoms with Gasteiger partial charge in [-0.1, -0.05) is 18.2 Å². The lowest BCUT2D eigenvalue weighted by molar-refractivity contribution is -0.125. The first kappa shape index (κ1) is 14.6. The maximum Gasteiger partial charge on any atom is 0.231 e. The number of furan rings is 1. The van der Waals surface area contributed by atoms with Crippen LogP contribution in [-0.2, 0) is 4.79 Å². The number of rotatable bonds is 5. The molecular formula is C15H19NO4. The van der Waals surface area contributed by atoms with Gasteiger partial charge in [0.2, 0.25) is 5.91 Å². The third-order valence-electron chi connectivity index (χ3n) is 3.39. The van der Waals surface area contributed by atoms with Crippen molar-refractivity contribution in [1.82, 2.24) is 5.32 Å². The lowest BCUT2D eigenvalue weighted by Gasteiger charge is -2.27. The summed E-state index contributed by atoms with van der Waals surface area (Å²) in [5.74, 6) is -0.239. The lowest BCUT2D eigenvalue weighted by Crippen LogP contribution is -2.52. The Morgan fingerprint density at radius 2 is 2.00 bits per heavy atom. The van der Waals surface area contributed by atoms with Gasteiger partial charge in [-0.25, -0.2) is 0 Å². The van der Waals surface area contributed by atoms with E-state index in [4.69, 9.17) is 4.42 Å². The highest BCUT2D eigenvalue weighted by Gasteiger charge is 2.28. The number of amides is 1. The van der Waals surface area contributed by atoms with Crippen LogP contribution in [0, 0.1) is 0 Å². The van der Waals surface area contributed by atoms with Crippen molar-refractivity contribution >= 4 is 16.9 Å². The van der Waals surface area contributed by atoms with E-state index in [1.165, 1.54) is 0 Å². The molecule has 1 amide bonds. The van der Waals surface area contributed by atoms with E-state index in [1.54, 1.807) is 13.8 Å². The molecule has 0 saturated carbocycles. The van der Waals surface area contributed by atoms with Crippen molar-refractivity contribution in [2.45, 2.75) is 25.3 Å². The number of para-hydroxylation sites is 1. The number of aliphatic hydroxyl groups is 2. The molecule has 0 radical (unpaired) electrons. The number of carbonyl (C=O) groups excluding carboxylic acids is 1. The van der Waals surface area contributed by atoms with Crippen molar-refractivity contribution < 1.29 is 19.4 Å². The third kappa shape index (κ3) is 2.84. The quantitative estimate of drug-likeness (QED) is 0.771. The molecule has 2 rings (SSSR count). The fourth-order valence-corrected chi connectivity index (χ4v) is 1.88. The van der Waals surface area contributed by atoms with E-state index in [1.807, 2.05) is 30.3 Å². The first-order valence-electron chi connectivity index (χ1n) is 6.51. The summed E-state index contributed by atoms with van der Waals surface area (Å²) in [5, 5.41) is 22.0. The van der Waals surface area contributed by atoms with Gasteiger partial charge in [0.05, 0.1) is 24.7 Å². The fourth-order valence-electron chi connectivity index (χ4n) is 1.88. The first-order valence-corrected chi connectivity index (χ1v) is 6.51. The van der Waals surface area contributed by atoms with E-state index in [2.05, 4.69) is 5.32 Å². The fraction of sp³-hybridized carbons (Fsp3) is 0.400. The van der Waals surface area contributed by atoms with Crippen LogP contribution >= 0.6 is 0 Å². The zero-order chi connectivity index (χ0) is 14.8. The summed E-state index contributed by atoms with van der Waals surface area (Å²) in [5.41, 5.74) is -0.300.